The van der Waals surface area contributed by atoms with Gasteiger partial charge in [-0.3, -0.25) is 24.5 Å². The number of ether oxygens (including phenoxy) is 1. The molecule has 3 aliphatic carbocycles. The predicted octanol–water partition coefficient (Wildman–Crippen LogP) is 2.12. The minimum atomic E-state index is -0.686. The number of phenols is 1. The molecule has 7 heteroatoms. The summed E-state index contributed by atoms with van der Waals surface area (Å²) in [5, 5.41) is 13.1. The fourth-order valence-electron chi connectivity index (χ4n) is 5.54. The van der Waals surface area contributed by atoms with Gasteiger partial charge in [-0.25, -0.2) is 0 Å². The van der Waals surface area contributed by atoms with Crippen LogP contribution in [0, 0.1) is 17.8 Å². The van der Waals surface area contributed by atoms with Crippen LogP contribution in [0.5, 0.6) is 11.5 Å². The lowest BCUT2D eigenvalue weighted by molar-refractivity contribution is -0.126. The van der Waals surface area contributed by atoms with Crippen LogP contribution in [0.3, 0.4) is 0 Å². The molecular formula is C24H21NO6. The maximum atomic E-state index is 13.1. The summed E-state index contributed by atoms with van der Waals surface area (Å²) in [4.78, 5) is 51.1. The maximum absolute atomic E-state index is 13.1. The van der Waals surface area contributed by atoms with Gasteiger partial charge in [0, 0.05) is 28.2 Å². The number of imide groups is 1. The third-order valence-electron chi connectivity index (χ3n) is 6.95. The van der Waals surface area contributed by atoms with E-state index in [-0.39, 0.29) is 35.6 Å². The highest BCUT2D eigenvalue weighted by Crippen LogP contribution is 2.55. The number of aromatic hydroxyl groups is 1. The standard InChI is InChI=1S/C24H21NO6/c1-10-7-18(27)21-16(22(10)28)9-14-12(4-5-13-20(14)24(30)25-23(13)29)19(21)15-8-11(31-2)3-6-17(15)26/h3-4,6-8,13-14,19-20,26H,5,9H2,1-2H3,(H,25,29,30)/t13-,14+,19+,20-/m0/s1. The van der Waals surface area contributed by atoms with E-state index in [0.29, 0.717) is 34.5 Å². The van der Waals surface area contributed by atoms with Gasteiger partial charge in [-0.1, -0.05) is 11.6 Å². The number of methoxy groups -OCH3 is 1. The molecule has 4 aliphatic rings. The van der Waals surface area contributed by atoms with Gasteiger partial charge >= 0.3 is 0 Å². The smallest absolute Gasteiger partial charge is 0.231 e. The number of hydrogen-bond donors (Lipinski definition) is 2. The number of amides is 2. The highest BCUT2D eigenvalue weighted by Gasteiger charge is 2.53. The first kappa shape index (κ1) is 19.5. The predicted molar refractivity (Wildman–Crippen MR) is 109 cm³/mol. The number of carbonyl (C=O) groups is 4. The van der Waals surface area contributed by atoms with Crippen molar-refractivity contribution in [2.45, 2.75) is 25.7 Å². The van der Waals surface area contributed by atoms with Gasteiger partial charge in [0.2, 0.25) is 11.8 Å². The summed E-state index contributed by atoms with van der Waals surface area (Å²) in [6.45, 7) is 1.60. The van der Waals surface area contributed by atoms with Crippen LogP contribution in [-0.2, 0) is 19.2 Å². The van der Waals surface area contributed by atoms with Gasteiger partial charge in [0.25, 0.3) is 0 Å². The summed E-state index contributed by atoms with van der Waals surface area (Å²) in [6.07, 6.45) is 3.83. The number of Topliss-reactive ketones (excluding diaryl/α,β-unsaturated/α-hetero) is 1. The number of allylic oxidation sites excluding steroid dienone is 6. The van der Waals surface area contributed by atoms with E-state index in [4.69, 9.17) is 4.74 Å². The van der Waals surface area contributed by atoms with E-state index in [2.05, 4.69) is 5.32 Å². The lowest BCUT2D eigenvalue weighted by Crippen LogP contribution is -2.39. The third kappa shape index (κ3) is 2.72. The molecule has 1 aromatic rings. The van der Waals surface area contributed by atoms with Gasteiger partial charge in [0.15, 0.2) is 11.6 Å². The molecular weight excluding hydrogens is 398 g/mol. The molecule has 1 saturated heterocycles. The summed E-state index contributed by atoms with van der Waals surface area (Å²) in [7, 11) is 1.50. The summed E-state index contributed by atoms with van der Waals surface area (Å²) in [5.41, 5.74) is 2.30. The highest BCUT2D eigenvalue weighted by molar-refractivity contribution is 6.23. The molecule has 31 heavy (non-hydrogen) atoms. The molecule has 0 aromatic heterocycles. The second-order valence-corrected chi connectivity index (χ2v) is 8.51. The molecule has 1 heterocycles. The average molecular weight is 419 g/mol. The molecule has 5 rings (SSSR count). The summed E-state index contributed by atoms with van der Waals surface area (Å²) < 4.78 is 5.32. The van der Waals surface area contributed by atoms with E-state index < -0.39 is 23.7 Å². The second-order valence-electron chi connectivity index (χ2n) is 8.51. The van der Waals surface area contributed by atoms with Crippen molar-refractivity contribution >= 4 is 23.4 Å². The minimum absolute atomic E-state index is 0.0280. The van der Waals surface area contributed by atoms with Crippen molar-refractivity contribution in [2.75, 3.05) is 7.11 Å². The third-order valence-corrected chi connectivity index (χ3v) is 6.95. The van der Waals surface area contributed by atoms with Crippen LogP contribution in [0.4, 0.5) is 0 Å². The Labute approximate surface area is 178 Å². The zero-order valence-corrected chi connectivity index (χ0v) is 17.1. The molecule has 1 aromatic carbocycles. The molecule has 2 N–H and O–H groups in total. The quantitative estimate of drug-likeness (QED) is 0.432. The molecule has 0 spiro atoms. The number of ketones is 2. The number of nitrogens with one attached hydrogen (secondary N) is 1. The van der Waals surface area contributed by atoms with Crippen molar-refractivity contribution < 1.29 is 29.0 Å². The summed E-state index contributed by atoms with van der Waals surface area (Å²) in [5.74, 6) is -2.82. The zero-order chi connectivity index (χ0) is 22.0. The zero-order valence-electron chi connectivity index (χ0n) is 17.1. The number of hydrogen-bond acceptors (Lipinski definition) is 6. The van der Waals surface area contributed by atoms with Gasteiger partial charge in [-0.15, -0.1) is 0 Å². The van der Waals surface area contributed by atoms with E-state index in [9.17, 15) is 24.3 Å². The van der Waals surface area contributed by atoms with Gasteiger partial charge < -0.3 is 9.84 Å². The lowest BCUT2D eigenvalue weighted by atomic mass is 9.59. The maximum Gasteiger partial charge on any atom is 0.231 e. The molecule has 1 fully saturated rings. The van der Waals surface area contributed by atoms with Crippen LogP contribution in [-0.4, -0.2) is 35.6 Å². The Morgan fingerprint density at radius 2 is 1.87 bits per heavy atom. The Balaban J connectivity index is 1.75. The SMILES string of the molecule is COc1ccc(O)c([C@H]2C3=CC[C@@H]4C(=O)NC(=O)[C@@H]4[C@@H]3CC3=C2C(=O)C=C(C)C3=O)c1. The van der Waals surface area contributed by atoms with Crippen LogP contribution < -0.4 is 10.1 Å². The Morgan fingerprint density at radius 3 is 2.61 bits per heavy atom. The highest BCUT2D eigenvalue weighted by atomic mass is 16.5. The van der Waals surface area contributed by atoms with Crippen LogP contribution in [0.15, 0.2) is 52.6 Å². The van der Waals surface area contributed by atoms with Gasteiger partial charge in [-0.2, -0.15) is 0 Å². The number of rotatable bonds is 2. The number of fused-ring (bicyclic) bond motifs is 3. The monoisotopic (exact) mass is 419 g/mol. The number of benzene rings is 1. The molecule has 0 radical (unpaired) electrons. The molecule has 0 saturated carbocycles. The minimum Gasteiger partial charge on any atom is -0.508 e. The van der Waals surface area contributed by atoms with Gasteiger partial charge in [-0.05, 0) is 50.0 Å². The van der Waals surface area contributed by atoms with Crippen LogP contribution >= 0.6 is 0 Å². The fourth-order valence-corrected chi connectivity index (χ4v) is 5.54. The van der Waals surface area contributed by atoms with Crippen LogP contribution in [0.25, 0.3) is 0 Å². The molecule has 4 atom stereocenters. The van der Waals surface area contributed by atoms with Crippen molar-refractivity contribution in [3.63, 3.8) is 0 Å². The molecule has 158 valence electrons. The molecule has 7 nitrogen and oxygen atoms in total. The van der Waals surface area contributed by atoms with Crippen molar-refractivity contribution in [1.29, 1.82) is 0 Å². The normalized spacial score (nSPS) is 29.6. The van der Waals surface area contributed by atoms with E-state index in [1.165, 1.54) is 19.3 Å². The Morgan fingerprint density at radius 1 is 1.10 bits per heavy atom. The first-order valence-electron chi connectivity index (χ1n) is 10.2. The van der Waals surface area contributed by atoms with Crippen molar-refractivity contribution in [3.05, 3.63) is 58.2 Å². The van der Waals surface area contributed by atoms with Crippen molar-refractivity contribution in [2.24, 2.45) is 17.8 Å². The molecule has 0 unspecified atom stereocenters. The number of carbonyl (C=O) groups excluding carboxylic acids is 4. The van der Waals surface area contributed by atoms with E-state index >= 15 is 0 Å². The Kier molecular flexibility index (Phi) is 4.25. The topological polar surface area (TPSA) is 110 Å². The second kappa shape index (κ2) is 6.77. The van der Waals surface area contributed by atoms with Gasteiger partial charge in [0.05, 0.1) is 18.9 Å². The van der Waals surface area contributed by atoms with Gasteiger partial charge in [0.1, 0.15) is 11.5 Å². The summed E-state index contributed by atoms with van der Waals surface area (Å²) >= 11 is 0. The van der Waals surface area contributed by atoms with E-state index in [0.717, 1.165) is 5.57 Å². The molecule has 1 aliphatic heterocycles. The first-order chi connectivity index (χ1) is 14.8. The Hall–Kier alpha value is -3.48. The van der Waals surface area contributed by atoms with Crippen LogP contribution in [0.1, 0.15) is 31.2 Å². The molecule has 0 bridgehead atoms. The largest absolute Gasteiger partial charge is 0.508 e. The first-order valence-corrected chi connectivity index (χ1v) is 10.2. The number of phenolic OH excluding ortho intramolecular Hbond substituents is 1. The van der Waals surface area contributed by atoms with Crippen molar-refractivity contribution in [3.8, 4) is 11.5 Å². The van der Waals surface area contributed by atoms with E-state index in [1.54, 1.807) is 19.1 Å². The lowest BCUT2D eigenvalue weighted by Gasteiger charge is -2.42. The molecule has 2 amide bonds. The van der Waals surface area contributed by atoms with Crippen molar-refractivity contribution in [1.82, 2.24) is 5.32 Å². The fraction of sp³-hybridized carbons (Fsp3) is 0.333. The van der Waals surface area contributed by atoms with Crippen LogP contribution in [0.2, 0.25) is 0 Å². The van der Waals surface area contributed by atoms with E-state index in [1.807, 2.05) is 6.08 Å². The summed E-state index contributed by atoms with van der Waals surface area (Å²) in [6, 6.07) is 4.76. The Bertz CT molecular complexity index is 1170. The average Bonchev–Trinajstić information content (AvgIpc) is 3.05.